The van der Waals surface area contributed by atoms with Crippen molar-refractivity contribution in [2.24, 2.45) is 5.92 Å². The SMILES string of the molecule is COc1ccc(CN(C)C2CCN(Cc3ccccc3)CC2C)nn1. The van der Waals surface area contributed by atoms with Crippen molar-refractivity contribution in [3.8, 4) is 5.88 Å². The van der Waals surface area contributed by atoms with Gasteiger partial charge in [0.05, 0.1) is 12.8 Å². The first kappa shape index (κ1) is 17.8. The fourth-order valence-corrected chi connectivity index (χ4v) is 3.77. The van der Waals surface area contributed by atoms with Crippen LogP contribution in [0.5, 0.6) is 5.88 Å². The minimum atomic E-state index is 0.564. The molecule has 134 valence electrons. The highest BCUT2D eigenvalue weighted by atomic mass is 16.5. The summed E-state index contributed by atoms with van der Waals surface area (Å²) in [5.41, 5.74) is 2.39. The topological polar surface area (TPSA) is 41.5 Å². The molecule has 25 heavy (non-hydrogen) atoms. The van der Waals surface area contributed by atoms with Crippen molar-refractivity contribution >= 4 is 0 Å². The van der Waals surface area contributed by atoms with Gasteiger partial charge in [0.1, 0.15) is 0 Å². The Kier molecular flexibility index (Phi) is 6.00. The van der Waals surface area contributed by atoms with Gasteiger partial charge in [0.25, 0.3) is 0 Å². The number of ether oxygens (including phenoxy) is 1. The van der Waals surface area contributed by atoms with Crippen LogP contribution in [0.2, 0.25) is 0 Å². The van der Waals surface area contributed by atoms with E-state index in [1.165, 1.54) is 12.0 Å². The van der Waals surface area contributed by atoms with Crippen molar-refractivity contribution in [3.05, 3.63) is 53.7 Å². The molecule has 2 aromatic rings. The second-order valence-electron chi connectivity index (χ2n) is 7.04. The lowest BCUT2D eigenvalue weighted by molar-refractivity contribution is 0.0711. The molecule has 2 unspecified atom stereocenters. The van der Waals surface area contributed by atoms with E-state index in [0.717, 1.165) is 31.9 Å². The van der Waals surface area contributed by atoms with Crippen LogP contribution in [0.4, 0.5) is 0 Å². The van der Waals surface area contributed by atoms with E-state index >= 15 is 0 Å². The van der Waals surface area contributed by atoms with Crippen molar-refractivity contribution in [1.29, 1.82) is 0 Å². The van der Waals surface area contributed by atoms with Crippen LogP contribution in [0.3, 0.4) is 0 Å². The van der Waals surface area contributed by atoms with Crippen molar-refractivity contribution < 1.29 is 4.74 Å². The zero-order valence-corrected chi connectivity index (χ0v) is 15.4. The van der Waals surface area contributed by atoms with Gasteiger partial charge in [-0.3, -0.25) is 9.80 Å². The quantitative estimate of drug-likeness (QED) is 0.809. The van der Waals surface area contributed by atoms with E-state index in [1.54, 1.807) is 7.11 Å². The van der Waals surface area contributed by atoms with Crippen LogP contribution < -0.4 is 4.74 Å². The van der Waals surface area contributed by atoms with Crippen molar-refractivity contribution in [3.63, 3.8) is 0 Å². The Morgan fingerprint density at radius 3 is 2.60 bits per heavy atom. The summed E-state index contributed by atoms with van der Waals surface area (Å²) in [5.74, 6) is 1.20. The molecule has 0 aliphatic carbocycles. The van der Waals surface area contributed by atoms with Crippen molar-refractivity contribution in [2.45, 2.75) is 32.5 Å². The van der Waals surface area contributed by atoms with Crippen LogP contribution in [-0.2, 0) is 13.1 Å². The van der Waals surface area contributed by atoms with Crippen LogP contribution in [0.25, 0.3) is 0 Å². The number of hydrogen-bond donors (Lipinski definition) is 0. The fourth-order valence-electron chi connectivity index (χ4n) is 3.77. The molecule has 1 aromatic carbocycles. The average molecular weight is 340 g/mol. The number of aromatic nitrogens is 2. The van der Waals surface area contributed by atoms with Gasteiger partial charge >= 0.3 is 0 Å². The third kappa shape index (κ3) is 4.77. The van der Waals surface area contributed by atoms with Gasteiger partial charge < -0.3 is 4.74 Å². The first-order valence-electron chi connectivity index (χ1n) is 8.99. The zero-order valence-electron chi connectivity index (χ0n) is 15.4. The summed E-state index contributed by atoms with van der Waals surface area (Å²) in [7, 11) is 3.81. The number of methoxy groups -OCH3 is 1. The smallest absolute Gasteiger partial charge is 0.233 e. The Bertz CT molecular complexity index is 647. The molecule has 0 radical (unpaired) electrons. The summed E-state index contributed by atoms with van der Waals surface area (Å²) in [6.45, 7) is 6.51. The highest BCUT2D eigenvalue weighted by molar-refractivity contribution is 5.14. The van der Waals surface area contributed by atoms with Crippen LogP contribution in [0.15, 0.2) is 42.5 Å². The van der Waals surface area contributed by atoms with Crippen LogP contribution >= 0.6 is 0 Å². The van der Waals surface area contributed by atoms with Gasteiger partial charge in [0.2, 0.25) is 5.88 Å². The predicted molar refractivity (Wildman–Crippen MR) is 99.3 cm³/mol. The lowest BCUT2D eigenvalue weighted by Gasteiger charge is -2.41. The van der Waals surface area contributed by atoms with Crippen LogP contribution in [0.1, 0.15) is 24.6 Å². The molecule has 0 amide bonds. The van der Waals surface area contributed by atoms with Gasteiger partial charge in [-0.05, 0) is 37.6 Å². The molecule has 1 aromatic heterocycles. The molecular formula is C20H28N4O. The minimum Gasteiger partial charge on any atom is -0.480 e. The van der Waals surface area contributed by atoms with Gasteiger partial charge in [-0.25, -0.2) is 0 Å². The maximum Gasteiger partial charge on any atom is 0.233 e. The number of likely N-dealkylation sites (tertiary alicyclic amines) is 1. The highest BCUT2D eigenvalue weighted by Gasteiger charge is 2.29. The second kappa shape index (κ2) is 8.41. The van der Waals surface area contributed by atoms with Gasteiger partial charge in [-0.1, -0.05) is 37.3 Å². The van der Waals surface area contributed by atoms with E-state index in [0.29, 0.717) is 17.8 Å². The van der Waals surface area contributed by atoms with E-state index < -0.39 is 0 Å². The first-order chi connectivity index (χ1) is 12.2. The Labute approximate surface area is 150 Å². The van der Waals surface area contributed by atoms with Gasteiger partial charge in [0, 0.05) is 31.7 Å². The maximum absolute atomic E-state index is 5.08. The second-order valence-corrected chi connectivity index (χ2v) is 7.04. The molecule has 2 heterocycles. The molecule has 0 spiro atoms. The molecule has 1 aliphatic heterocycles. The molecule has 0 N–H and O–H groups in total. The molecule has 5 nitrogen and oxygen atoms in total. The number of rotatable bonds is 6. The lowest BCUT2D eigenvalue weighted by Crippen LogP contribution is -2.48. The molecule has 5 heteroatoms. The summed E-state index contributed by atoms with van der Waals surface area (Å²) < 4.78 is 5.08. The molecule has 1 aliphatic rings. The molecule has 2 atom stereocenters. The van der Waals surface area contributed by atoms with Gasteiger partial charge in [-0.2, -0.15) is 5.10 Å². The summed E-state index contributed by atoms with van der Waals surface area (Å²) in [6.07, 6.45) is 1.19. The van der Waals surface area contributed by atoms with E-state index in [4.69, 9.17) is 4.74 Å². The maximum atomic E-state index is 5.08. The van der Waals surface area contributed by atoms with Gasteiger partial charge in [-0.15, -0.1) is 5.10 Å². The van der Waals surface area contributed by atoms with E-state index in [9.17, 15) is 0 Å². The highest BCUT2D eigenvalue weighted by Crippen LogP contribution is 2.23. The Hall–Kier alpha value is -1.98. The molecular weight excluding hydrogens is 312 g/mol. The third-order valence-electron chi connectivity index (χ3n) is 5.08. The Morgan fingerprint density at radius 1 is 1.16 bits per heavy atom. The zero-order chi connectivity index (χ0) is 17.6. The van der Waals surface area contributed by atoms with E-state index in [2.05, 4.69) is 64.3 Å². The average Bonchev–Trinajstić information content (AvgIpc) is 2.63. The number of hydrogen-bond acceptors (Lipinski definition) is 5. The van der Waals surface area contributed by atoms with Crippen molar-refractivity contribution in [1.82, 2.24) is 20.0 Å². The summed E-state index contributed by atoms with van der Waals surface area (Å²) in [6, 6.07) is 15.2. The van der Waals surface area contributed by atoms with E-state index in [-0.39, 0.29) is 0 Å². The molecule has 3 rings (SSSR count). The van der Waals surface area contributed by atoms with E-state index in [1.807, 2.05) is 12.1 Å². The van der Waals surface area contributed by atoms with Crippen LogP contribution in [-0.4, -0.2) is 53.3 Å². The fraction of sp³-hybridized carbons (Fsp3) is 0.500. The summed E-state index contributed by atoms with van der Waals surface area (Å²) in [5, 5.41) is 8.32. The molecule has 1 fully saturated rings. The minimum absolute atomic E-state index is 0.564. The predicted octanol–water partition coefficient (Wildman–Crippen LogP) is 2.83. The summed E-state index contributed by atoms with van der Waals surface area (Å²) in [4.78, 5) is 4.98. The first-order valence-corrected chi connectivity index (χ1v) is 8.99. The molecule has 0 bridgehead atoms. The number of piperidine rings is 1. The van der Waals surface area contributed by atoms with Crippen LogP contribution in [0, 0.1) is 5.92 Å². The molecule has 1 saturated heterocycles. The third-order valence-corrected chi connectivity index (χ3v) is 5.08. The normalized spacial score (nSPS) is 21.4. The molecule has 0 saturated carbocycles. The monoisotopic (exact) mass is 340 g/mol. The number of nitrogens with zero attached hydrogens (tertiary/aromatic N) is 4. The Balaban J connectivity index is 1.53. The van der Waals surface area contributed by atoms with Gasteiger partial charge in [0.15, 0.2) is 0 Å². The lowest BCUT2D eigenvalue weighted by atomic mass is 9.92. The Morgan fingerprint density at radius 2 is 1.96 bits per heavy atom. The summed E-state index contributed by atoms with van der Waals surface area (Å²) >= 11 is 0. The van der Waals surface area contributed by atoms with Crippen molar-refractivity contribution in [2.75, 3.05) is 27.2 Å². The largest absolute Gasteiger partial charge is 0.480 e. The standard InChI is InChI=1S/C20H28N4O/c1-16-13-24(14-17-7-5-4-6-8-17)12-11-19(16)23(2)15-18-9-10-20(25-3)22-21-18/h4-10,16,19H,11-15H2,1-3H3. The number of benzene rings is 1.